The summed E-state index contributed by atoms with van der Waals surface area (Å²) in [6.07, 6.45) is 1.46. The highest BCUT2D eigenvalue weighted by molar-refractivity contribution is 5.91. The number of nitrogens with two attached hydrogens (primary N) is 1. The van der Waals surface area contributed by atoms with Crippen molar-refractivity contribution in [2.24, 2.45) is 5.73 Å². The Kier molecular flexibility index (Phi) is 5.98. The SMILES string of the molecule is CCc1ccc(C(C)CC(=O)Nc2ccc(-c3n[nH]c(CN)n3)cc2)cc1. The van der Waals surface area contributed by atoms with Gasteiger partial charge < -0.3 is 11.1 Å². The number of benzene rings is 2. The number of rotatable bonds is 7. The largest absolute Gasteiger partial charge is 0.326 e. The fourth-order valence-corrected chi connectivity index (χ4v) is 2.91. The second kappa shape index (κ2) is 8.60. The number of aromatic amines is 1. The molecule has 0 aliphatic rings. The van der Waals surface area contributed by atoms with Crippen LogP contribution in [0.15, 0.2) is 48.5 Å². The molecule has 1 atom stereocenters. The van der Waals surface area contributed by atoms with Crippen LogP contribution in [0.25, 0.3) is 11.4 Å². The van der Waals surface area contributed by atoms with Crippen LogP contribution in [0.5, 0.6) is 0 Å². The molecule has 0 bridgehead atoms. The summed E-state index contributed by atoms with van der Waals surface area (Å²) in [6.45, 7) is 4.53. The topological polar surface area (TPSA) is 96.7 Å². The molecule has 0 saturated carbocycles. The van der Waals surface area contributed by atoms with Crippen molar-refractivity contribution in [3.63, 3.8) is 0 Å². The Morgan fingerprint density at radius 2 is 1.85 bits per heavy atom. The van der Waals surface area contributed by atoms with Gasteiger partial charge in [0, 0.05) is 17.7 Å². The molecule has 27 heavy (non-hydrogen) atoms. The lowest BCUT2D eigenvalue weighted by molar-refractivity contribution is -0.116. The number of nitrogens with one attached hydrogen (secondary N) is 2. The molecule has 0 fully saturated rings. The predicted octanol–water partition coefficient (Wildman–Crippen LogP) is 3.63. The third-order valence-electron chi connectivity index (χ3n) is 4.60. The molecule has 2 aromatic carbocycles. The average Bonchev–Trinajstić information content (AvgIpc) is 3.18. The van der Waals surface area contributed by atoms with Crippen LogP contribution in [0.2, 0.25) is 0 Å². The highest BCUT2D eigenvalue weighted by Crippen LogP contribution is 2.22. The van der Waals surface area contributed by atoms with Crippen molar-refractivity contribution < 1.29 is 4.79 Å². The number of hydrogen-bond donors (Lipinski definition) is 3. The van der Waals surface area contributed by atoms with Gasteiger partial charge in [0.05, 0.1) is 6.54 Å². The summed E-state index contributed by atoms with van der Waals surface area (Å²) < 4.78 is 0. The van der Waals surface area contributed by atoms with Crippen molar-refractivity contribution in [2.75, 3.05) is 5.32 Å². The highest BCUT2D eigenvalue weighted by atomic mass is 16.1. The van der Waals surface area contributed by atoms with Gasteiger partial charge in [0.1, 0.15) is 5.82 Å². The third kappa shape index (κ3) is 4.80. The average molecular weight is 363 g/mol. The number of hydrogen-bond acceptors (Lipinski definition) is 4. The van der Waals surface area contributed by atoms with E-state index in [1.54, 1.807) is 0 Å². The fourth-order valence-electron chi connectivity index (χ4n) is 2.91. The lowest BCUT2D eigenvalue weighted by Crippen LogP contribution is -2.14. The summed E-state index contributed by atoms with van der Waals surface area (Å²) >= 11 is 0. The number of amides is 1. The summed E-state index contributed by atoms with van der Waals surface area (Å²) in [5.74, 6) is 1.40. The lowest BCUT2D eigenvalue weighted by Gasteiger charge is -2.13. The number of H-pyrrole nitrogens is 1. The molecule has 1 aromatic heterocycles. The van der Waals surface area contributed by atoms with E-state index >= 15 is 0 Å². The van der Waals surface area contributed by atoms with Crippen LogP contribution in [0.1, 0.15) is 43.1 Å². The number of aryl methyl sites for hydroxylation is 1. The first kappa shape index (κ1) is 18.8. The van der Waals surface area contributed by atoms with Crippen LogP contribution in [-0.4, -0.2) is 21.1 Å². The number of anilines is 1. The summed E-state index contributed by atoms with van der Waals surface area (Å²) in [5, 5.41) is 9.87. The molecule has 3 aromatic rings. The molecule has 0 spiro atoms. The van der Waals surface area contributed by atoms with Crippen LogP contribution < -0.4 is 11.1 Å². The monoisotopic (exact) mass is 363 g/mol. The van der Waals surface area contributed by atoms with Gasteiger partial charge in [0.2, 0.25) is 5.91 Å². The molecule has 1 amide bonds. The molecule has 140 valence electrons. The van der Waals surface area contributed by atoms with Gasteiger partial charge in [-0.15, -0.1) is 0 Å². The van der Waals surface area contributed by atoms with Gasteiger partial charge in [-0.25, -0.2) is 4.98 Å². The summed E-state index contributed by atoms with van der Waals surface area (Å²) in [7, 11) is 0. The van der Waals surface area contributed by atoms with E-state index in [2.05, 4.69) is 58.6 Å². The van der Waals surface area contributed by atoms with E-state index in [1.807, 2.05) is 24.3 Å². The summed E-state index contributed by atoms with van der Waals surface area (Å²) in [4.78, 5) is 16.7. The maximum absolute atomic E-state index is 12.4. The number of carbonyl (C=O) groups excluding carboxylic acids is 1. The molecule has 6 nitrogen and oxygen atoms in total. The maximum Gasteiger partial charge on any atom is 0.224 e. The number of aromatic nitrogens is 3. The van der Waals surface area contributed by atoms with Crippen molar-refractivity contribution in [3.8, 4) is 11.4 Å². The standard InChI is InChI=1S/C21H25N5O/c1-3-15-4-6-16(7-5-15)14(2)12-20(27)23-18-10-8-17(9-11-18)21-24-19(13-22)25-26-21/h4-11,14H,3,12-13,22H2,1-2H3,(H,23,27)(H,24,25,26). The molecule has 1 heterocycles. The van der Waals surface area contributed by atoms with E-state index in [-0.39, 0.29) is 11.8 Å². The van der Waals surface area contributed by atoms with Gasteiger partial charge in [-0.3, -0.25) is 9.89 Å². The minimum absolute atomic E-state index is 0.00173. The Balaban J connectivity index is 1.58. The second-order valence-corrected chi connectivity index (χ2v) is 6.64. The van der Waals surface area contributed by atoms with Gasteiger partial charge >= 0.3 is 0 Å². The lowest BCUT2D eigenvalue weighted by atomic mass is 9.96. The van der Waals surface area contributed by atoms with E-state index in [4.69, 9.17) is 5.73 Å². The maximum atomic E-state index is 12.4. The Morgan fingerprint density at radius 1 is 1.15 bits per heavy atom. The molecule has 0 aliphatic carbocycles. The first-order chi connectivity index (χ1) is 13.1. The van der Waals surface area contributed by atoms with Gasteiger partial charge in [-0.1, -0.05) is 38.1 Å². The van der Waals surface area contributed by atoms with Crippen molar-refractivity contribution in [3.05, 3.63) is 65.5 Å². The Labute approximate surface area is 159 Å². The van der Waals surface area contributed by atoms with Crippen LogP contribution in [0, 0.1) is 0 Å². The second-order valence-electron chi connectivity index (χ2n) is 6.64. The zero-order valence-electron chi connectivity index (χ0n) is 15.7. The minimum atomic E-state index is -0.00173. The molecule has 6 heteroatoms. The first-order valence-electron chi connectivity index (χ1n) is 9.19. The van der Waals surface area contributed by atoms with E-state index in [1.165, 1.54) is 11.1 Å². The third-order valence-corrected chi connectivity index (χ3v) is 4.60. The van der Waals surface area contributed by atoms with Crippen LogP contribution in [0.4, 0.5) is 5.69 Å². The van der Waals surface area contributed by atoms with Gasteiger partial charge in [-0.05, 0) is 47.7 Å². The van der Waals surface area contributed by atoms with Crippen LogP contribution in [-0.2, 0) is 17.8 Å². The zero-order chi connectivity index (χ0) is 19.2. The quantitative estimate of drug-likeness (QED) is 0.597. The predicted molar refractivity (Wildman–Crippen MR) is 107 cm³/mol. The van der Waals surface area contributed by atoms with Crippen molar-refractivity contribution in [2.45, 2.75) is 39.2 Å². The number of nitrogens with zero attached hydrogens (tertiary/aromatic N) is 2. The summed E-state index contributed by atoms with van der Waals surface area (Å²) in [5.41, 5.74) is 9.64. The molecular weight excluding hydrogens is 338 g/mol. The molecule has 0 radical (unpaired) electrons. The first-order valence-corrected chi connectivity index (χ1v) is 9.19. The Hall–Kier alpha value is -2.99. The zero-order valence-corrected chi connectivity index (χ0v) is 15.7. The smallest absolute Gasteiger partial charge is 0.224 e. The molecule has 0 saturated heterocycles. The van der Waals surface area contributed by atoms with E-state index < -0.39 is 0 Å². The molecule has 4 N–H and O–H groups in total. The van der Waals surface area contributed by atoms with E-state index in [9.17, 15) is 4.79 Å². The van der Waals surface area contributed by atoms with Crippen LogP contribution in [0.3, 0.4) is 0 Å². The normalized spacial score (nSPS) is 12.0. The Morgan fingerprint density at radius 3 is 2.44 bits per heavy atom. The molecular formula is C21H25N5O. The van der Waals surface area contributed by atoms with E-state index in [0.29, 0.717) is 24.6 Å². The molecule has 3 rings (SSSR count). The van der Waals surface area contributed by atoms with Crippen molar-refractivity contribution in [1.29, 1.82) is 0 Å². The molecule has 1 unspecified atom stereocenters. The van der Waals surface area contributed by atoms with Crippen molar-refractivity contribution >= 4 is 11.6 Å². The summed E-state index contributed by atoms with van der Waals surface area (Å²) in [6, 6.07) is 15.9. The number of carbonyl (C=O) groups is 1. The van der Waals surface area contributed by atoms with Gasteiger partial charge in [-0.2, -0.15) is 5.10 Å². The van der Waals surface area contributed by atoms with Gasteiger partial charge in [0.15, 0.2) is 5.82 Å². The fraction of sp³-hybridized carbons (Fsp3) is 0.286. The van der Waals surface area contributed by atoms with Gasteiger partial charge in [0.25, 0.3) is 0 Å². The van der Waals surface area contributed by atoms with E-state index in [0.717, 1.165) is 17.7 Å². The highest BCUT2D eigenvalue weighted by Gasteiger charge is 2.12. The van der Waals surface area contributed by atoms with Crippen LogP contribution >= 0.6 is 0 Å². The van der Waals surface area contributed by atoms with Crippen molar-refractivity contribution in [1.82, 2.24) is 15.2 Å². The Bertz CT molecular complexity index is 884. The minimum Gasteiger partial charge on any atom is -0.326 e. The molecule has 0 aliphatic heterocycles.